The van der Waals surface area contributed by atoms with Gasteiger partial charge in [-0.05, 0) is 78.5 Å². The maximum atomic E-state index is 13.2. The molecule has 2 saturated heterocycles. The van der Waals surface area contributed by atoms with Crippen LogP contribution in [0.5, 0.6) is 0 Å². The first kappa shape index (κ1) is 21.4. The van der Waals surface area contributed by atoms with Crippen LogP contribution in [0, 0.1) is 5.92 Å². The zero-order valence-corrected chi connectivity index (χ0v) is 19.6. The number of likely N-dealkylation sites (tertiary alicyclic amines) is 2. The molecule has 168 valence electrons. The predicted octanol–water partition coefficient (Wildman–Crippen LogP) is 3.56. The van der Waals surface area contributed by atoms with Crippen molar-refractivity contribution < 1.29 is 4.79 Å². The summed E-state index contributed by atoms with van der Waals surface area (Å²) in [5, 5.41) is 0. The Morgan fingerprint density at radius 1 is 1.06 bits per heavy atom. The third-order valence-electron chi connectivity index (χ3n) is 6.95. The molecule has 0 aliphatic carbocycles. The van der Waals surface area contributed by atoms with E-state index in [9.17, 15) is 9.59 Å². The van der Waals surface area contributed by atoms with Crippen molar-refractivity contribution in [3.8, 4) is 0 Å². The van der Waals surface area contributed by atoms with Crippen LogP contribution in [0.3, 0.4) is 0 Å². The van der Waals surface area contributed by atoms with Crippen LogP contribution in [0.15, 0.2) is 52.0 Å². The summed E-state index contributed by atoms with van der Waals surface area (Å²) in [4.78, 5) is 37.2. The highest BCUT2D eigenvalue weighted by Crippen LogP contribution is 2.28. The summed E-state index contributed by atoms with van der Waals surface area (Å²) in [6.07, 6.45) is 7.11. The average Bonchev–Trinajstić information content (AvgIpc) is 3.16. The first-order chi connectivity index (χ1) is 15.6. The molecular formula is C24H28BrN5O2. The second kappa shape index (κ2) is 9.19. The first-order valence-corrected chi connectivity index (χ1v) is 12.2. The molecule has 1 aromatic carbocycles. The van der Waals surface area contributed by atoms with Gasteiger partial charge in [-0.25, -0.2) is 4.79 Å². The number of nitrogens with one attached hydrogen (secondary N) is 1. The van der Waals surface area contributed by atoms with Gasteiger partial charge >= 0.3 is 5.69 Å². The number of nitrogens with zero attached hydrogens (tertiary/aromatic N) is 4. The fraction of sp³-hybridized carbons (Fsp3) is 0.458. The standard InChI is InChI=1S/C24H28BrN5O2/c25-20-15-26-10-5-18(20)16-28-11-6-17(7-12-28)23(31)29-13-8-19(9-14-29)30-22-4-2-1-3-21(22)27-24(30)32/h1-5,10,15,17,19H,6-9,11-14,16H2,(H,27,32). The maximum Gasteiger partial charge on any atom is 0.326 e. The molecule has 2 aliphatic rings. The number of pyridine rings is 1. The van der Waals surface area contributed by atoms with Crippen LogP contribution < -0.4 is 5.69 Å². The lowest BCUT2D eigenvalue weighted by atomic mass is 9.93. The molecule has 2 aliphatic heterocycles. The number of carbonyl (C=O) groups excluding carboxylic acids is 1. The lowest BCUT2D eigenvalue weighted by Gasteiger charge is -2.37. The summed E-state index contributed by atoms with van der Waals surface area (Å²) in [5.41, 5.74) is 3.01. The Bertz CT molecular complexity index is 1160. The van der Waals surface area contributed by atoms with Crippen LogP contribution >= 0.6 is 15.9 Å². The number of benzene rings is 1. The van der Waals surface area contributed by atoms with E-state index in [1.54, 1.807) is 0 Å². The summed E-state index contributed by atoms with van der Waals surface area (Å²) < 4.78 is 2.92. The Hall–Kier alpha value is -2.45. The Balaban J connectivity index is 1.15. The zero-order valence-electron chi connectivity index (χ0n) is 18.0. The predicted molar refractivity (Wildman–Crippen MR) is 127 cm³/mol. The number of rotatable bonds is 4. The van der Waals surface area contributed by atoms with Gasteiger partial charge in [0.2, 0.25) is 5.91 Å². The van der Waals surface area contributed by atoms with Crippen molar-refractivity contribution >= 4 is 32.9 Å². The van der Waals surface area contributed by atoms with Crippen LogP contribution in [0.1, 0.15) is 37.3 Å². The molecule has 4 heterocycles. The number of imidazole rings is 1. The largest absolute Gasteiger partial charge is 0.342 e. The van der Waals surface area contributed by atoms with Gasteiger partial charge in [-0.2, -0.15) is 0 Å². The molecule has 5 rings (SSSR count). The van der Waals surface area contributed by atoms with Gasteiger partial charge < -0.3 is 9.88 Å². The highest BCUT2D eigenvalue weighted by molar-refractivity contribution is 9.10. The molecular weight excluding hydrogens is 470 g/mol. The number of halogens is 1. The van der Waals surface area contributed by atoms with Crippen molar-refractivity contribution in [2.45, 2.75) is 38.3 Å². The fourth-order valence-corrected chi connectivity index (χ4v) is 5.53. The van der Waals surface area contributed by atoms with Gasteiger partial charge in [0, 0.05) is 48.5 Å². The smallest absolute Gasteiger partial charge is 0.326 e. The minimum Gasteiger partial charge on any atom is -0.342 e. The molecule has 2 aromatic heterocycles. The number of fused-ring (bicyclic) bond motifs is 1. The Kier molecular flexibility index (Phi) is 6.15. The first-order valence-electron chi connectivity index (χ1n) is 11.4. The highest BCUT2D eigenvalue weighted by atomic mass is 79.9. The van der Waals surface area contributed by atoms with E-state index in [-0.39, 0.29) is 17.6 Å². The molecule has 32 heavy (non-hydrogen) atoms. The van der Waals surface area contributed by atoms with Gasteiger partial charge in [0.25, 0.3) is 0 Å². The van der Waals surface area contributed by atoms with E-state index in [1.165, 1.54) is 5.56 Å². The number of aromatic nitrogens is 3. The maximum absolute atomic E-state index is 13.2. The molecule has 0 atom stereocenters. The lowest BCUT2D eigenvalue weighted by molar-refractivity contribution is -0.138. The van der Waals surface area contributed by atoms with Crippen LogP contribution in [0.25, 0.3) is 11.0 Å². The normalized spacial score (nSPS) is 19.0. The molecule has 8 heteroatoms. The summed E-state index contributed by atoms with van der Waals surface area (Å²) in [7, 11) is 0. The number of H-pyrrole nitrogens is 1. The average molecular weight is 498 g/mol. The van der Waals surface area contributed by atoms with Crippen LogP contribution in [0.4, 0.5) is 0 Å². The summed E-state index contributed by atoms with van der Waals surface area (Å²) in [5.74, 6) is 0.402. The molecule has 0 saturated carbocycles. The van der Waals surface area contributed by atoms with Crippen LogP contribution in [0.2, 0.25) is 0 Å². The molecule has 3 aromatic rings. The second-order valence-electron chi connectivity index (χ2n) is 8.89. The van der Waals surface area contributed by atoms with Crippen molar-refractivity contribution in [3.63, 3.8) is 0 Å². The van der Waals surface area contributed by atoms with Crippen molar-refractivity contribution in [2.75, 3.05) is 26.2 Å². The minimum absolute atomic E-state index is 0.0517. The summed E-state index contributed by atoms with van der Waals surface area (Å²) >= 11 is 3.57. The molecule has 1 amide bonds. The Morgan fingerprint density at radius 2 is 1.81 bits per heavy atom. The van der Waals surface area contributed by atoms with Crippen molar-refractivity contribution in [3.05, 3.63) is 63.2 Å². The lowest BCUT2D eigenvalue weighted by Crippen LogP contribution is -2.46. The quantitative estimate of drug-likeness (QED) is 0.597. The molecule has 1 N–H and O–H groups in total. The van der Waals surface area contributed by atoms with Gasteiger partial charge in [-0.3, -0.25) is 19.2 Å². The van der Waals surface area contributed by atoms with Crippen LogP contribution in [-0.2, 0) is 11.3 Å². The molecule has 0 bridgehead atoms. The summed E-state index contributed by atoms with van der Waals surface area (Å²) in [6.45, 7) is 4.20. The van der Waals surface area contributed by atoms with Crippen LogP contribution in [-0.4, -0.2) is 56.4 Å². The Labute approximate surface area is 195 Å². The highest BCUT2D eigenvalue weighted by Gasteiger charge is 2.32. The second-order valence-corrected chi connectivity index (χ2v) is 9.75. The van der Waals surface area contributed by atoms with E-state index in [0.29, 0.717) is 5.91 Å². The number of amides is 1. The van der Waals surface area contributed by atoms with E-state index in [4.69, 9.17) is 0 Å². The number of hydrogen-bond donors (Lipinski definition) is 1. The summed E-state index contributed by atoms with van der Waals surface area (Å²) in [6, 6.07) is 10.0. The van der Waals surface area contributed by atoms with Gasteiger partial charge in [-0.15, -0.1) is 0 Å². The van der Waals surface area contributed by atoms with Crippen molar-refractivity contribution in [1.82, 2.24) is 24.3 Å². The van der Waals surface area contributed by atoms with Gasteiger partial charge in [-0.1, -0.05) is 12.1 Å². The van der Waals surface area contributed by atoms with Gasteiger partial charge in [0.1, 0.15) is 0 Å². The van der Waals surface area contributed by atoms with E-state index in [0.717, 1.165) is 73.9 Å². The molecule has 0 spiro atoms. The molecule has 0 unspecified atom stereocenters. The number of piperidine rings is 2. The number of hydrogen-bond acceptors (Lipinski definition) is 4. The SMILES string of the molecule is O=C(C1CCN(Cc2ccncc2Br)CC1)N1CCC(n2c(=O)[nH]c3ccccc32)CC1. The molecule has 0 radical (unpaired) electrons. The topological polar surface area (TPSA) is 74.2 Å². The Morgan fingerprint density at radius 3 is 2.56 bits per heavy atom. The minimum atomic E-state index is -0.0517. The van der Waals surface area contributed by atoms with E-state index in [2.05, 4.69) is 30.8 Å². The number of para-hydroxylation sites is 2. The fourth-order valence-electron chi connectivity index (χ4n) is 5.15. The molecule has 2 fully saturated rings. The third-order valence-corrected chi connectivity index (χ3v) is 7.67. The van der Waals surface area contributed by atoms with Gasteiger partial charge in [0.05, 0.1) is 11.0 Å². The zero-order chi connectivity index (χ0) is 22.1. The number of aromatic amines is 1. The third kappa shape index (κ3) is 4.26. The van der Waals surface area contributed by atoms with Crippen molar-refractivity contribution in [2.24, 2.45) is 5.92 Å². The molecule has 7 nitrogen and oxygen atoms in total. The van der Waals surface area contributed by atoms with Crippen molar-refractivity contribution in [1.29, 1.82) is 0 Å². The van der Waals surface area contributed by atoms with Gasteiger partial charge in [0.15, 0.2) is 0 Å². The van der Waals surface area contributed by atoms with E-state index in [1.807, 2.05) is 52.2 Å². The van der Waals surface area contributed by atoms with E-state index >= 15 is 0 Å². The van der Waals surface area contributed by atoms with E-state index < -0.39 is 0 Å². The number of carbonyl (C=O) groups is 1. The monoisotopic (exact) mass is 497 g/mol.